The molecular weight excluding hydrogens is 258 g/mol. The molecule has 0 spiro atoms. The molecule has 0 amide bonds. The molecule has 1 aliphatic rings. The summed E-state index contributed by atoms with van der Waals surface area (Å²) in [6.45, 7) is 1.49. The Hall–Kier alpha value is -0.420. The highest BCUT2D eigenvalue weighted by Crippen LogP contribution is 2.37. The van der Waals surface area contributed by atoms with E-state index >= 15 is 0 Å². The van der Waals surface area contributed by atoms with Crippen LogP contribution in [0, 0.1) is 5.92 Å². The van der Waals surface area contributed by atoms with Crippen molar-refractivity contribution in [3.63, 3.8) is 0 Å². The summed E-state index contributed by atoms with van der Waals surface area (Å²) in [6, 6.07) is 4.88. The van der Waals surface area contributed by atoms with E-state index in [1.807, 2.05) is 11.3 Å². The van der Waals surface area contributed by atoms with Gasteiger partial charge in [-0.05, 0) is 30.2 Å². The normalized spacial score (nSPS) is 19.7. The third-order valence-corrected chi connectivity index (χ3v) is 4.93. The van der Waals surface area contributed by atoms with E-state index in [1.54, 1.807) is 14.2 Å². The summed E-state index contributed by atoms with van der Waals surface area (Å²) in [7, 11) is 3.47. The number of hydrogen-bond donors (Lipinski definition) is 1. The van der Waals surface area contributed by atoms with Crippen LogP contribution in [0.2, 0.25) is 0 Å². The molecule has 0 saturated heterocycles. The quantitative estimate of drug-likeness (QED) is 0.794. The van der Waals surface area contributed by atoms with Crippen molar-refractivity contribution in [3.8, 4) is 0 Å². The molecule has 0 aromatic carbocycles. The second-order valence-corrected chi connectivity index (χ2v) is 6.24. The van der Waals surface area contributed by atoms with E-state index in [9.17, 15) is 0 Å². The number of thiophene rings is 1. The number of ether oxygens (including phenoxy) is 2. The average molecular weight is 283 g/mol. The van der Waals surface area contributed by atoms with Crippen molar-refractivity contribution < 1.29 is 9.47 Å². The summed E-state index contributed by atoms with van der Waals surface area (Å²) < 4.78 is 10.6. The molecule has 108 valence electrons. The van der Waals surface area contributed by atoms with Crippen LogP contribution in [0.25, 0.3) is 0 Å². The van der Waals surface area contributed by atoms with Gasteiger partial charge in [0, 0.05) is 31.7 Å². The molecular formula is C15H25NO2S. The average Bonchev–Trinajstić information content (AvgIpc) is 3.11. The third-order valence-electron chi connectivity index (χ3n) is 3.97. The van der Waals surface area contributed by atoms with Crippen LogP contribution in [0.15, 0.2) is 17.5 Å². The second kappa shape index (κ2) is 8.00. The minimum Gasteiger partial charge on any atom is -0.382 e. The Morgan fingerprint density at radius 1 is 1.37 bits per heavy atom. The number of hydrogen-bond acceptors (Lipinski definition) is 4. The van der Waals surface area contributed by atoms with Crippen LogP contribution in [0.1, 0.15) is 36.6 Å². The molecule has 1 N–H and O–H groups in total. The fourth-order valence-corrected chi connectivity index (χ4v) is 3.81. The molecule has 4 heteroatoms. The van der Waals surface area contributed by atoms with E-state index in [2.05, 4.69) is 22.8 Å². The van der Waals surface area contributed by atoms with Crippen LogP contribution in [0.4, 0.5) is 0 Å². The standard InChI is InChI=1S/C15H25NO2S/c1-17-11-13(18-2)10-16-15(12-6-3-4-7-12)14-8-5-9-19-14/h5,8-9,12-13,15-16H,3-4,6-7,10-11H2,1-2H3. The molecule has 1 saturated carbocycles. The van der Waals surface area contributed by atoms with E-state index in [-0.39, 0.29) is 6.10 Å². The van der Waals surface area contributed by atoms with Gasteiger partial charge in [-0.1, -0.05) is 18.9 Å². The van der Waals surface area contributed by atoms with Gasteiger partial charge in [0.1, 0.15) is 0 Å². The van der Waals surface area contributed by atoms with Gasteiger partial charge in [0.25, 0.3) is 0 Å². The lowest BCUT2D eigenvalue weighted by Gasteiger charge is -2.26. The molecule has 1 aromatic heterocycles. The molecule has 3 nitrogen and oxygen atoms in total. The number of rotatable bonds is 8. The first kappa shape index (κ1) is 15.0. The van der Waals surface area contributed by atoms with Crippen molar-refractivity contribution in [2.45, 2.75) is 37.8 Å². The maximum absolute atomic E-state index is 5.44. The Kier molecular flexibility index (Phi) is 6.31. The zero-order valence-corrected chi connectivity index (χ0v) is 12.7. The zero-order chi connectivity index (χ0) is 13.5. The molecule has 1 aliphatic carbocycles. The lowest BCUT2D eigenvalue weighted by molar-refractivity contribution is 0.0262. The second-order valence-electron chi connectivity index (χ2n) is 5.26. The smallest absolute Gasteiger partial charge is 0.0928 e. The predicted molar refractivity (Wildman–Crippen MR) is 79.7 cm³/mol. The summed E-state index contributed by atoms with van der Waals surface area (Å²) >= 11 is 1.86. The van der Waals surface area contributed by atoms with Gasteiger partial charge >= 0.3 is 0 Å². The van der Waals surface area contributed by atoms with Crippen molar-refractivity contribution >= 4 is 11.3 Å². The largest absolute Gasteiger partial charge is 0.382 e. The van der Waals surface area contributed by atoms with Crippen LogP contribution < -0.4 is 5.32 Å². The highest BCUT2D eigenvalue weighted by Gasteiger charge is 2.27. The molecule has 1 aromatic rings. The summed E-state index contributed by atoms with van der Waals surface area (Å²) in [6.07, 6.45) is 5.57. The first-order chi connectivity index (χ1) is 9.35. The Labute approximate surface area is 120 Å². The maximum Gasteiger partial charge on any atom is 0.0928 e. The number of methoxy groups -OCH3 is 2. The fourth-order valence-electron chi connectivity index (χ4n) is 2.91. The molecule has 2 rings (SSSR count). The Balaban J connectivity index is 1.94. The van der Waals surface area contributed by atoms with Crippen molar-refractivity contribution in [1.82, 2.24) is 5.32 Å². The van der Waals surface area contributed by atoms with Crippen molar-refractivity contribution in [3.05, 3.63) is 22.4 Å². The van der Waals surface area contributed by atoms with E-state index < -0.39 is 0 Å². The summed E-state index contributed by atoms with van der Waals surface area (Å²) in [5.74, 6) is 0.777. The summed E-state index contributed by atoms with van der Waals surface area (Å²) in [5, 5.41) is 5.87. The van der Waals surface area contributed by atoms with Gasteiger partial charge in [-0.25, -0.2) is 0 Å². The van der Waals surface area contributed by atoms with Crippen LogP contribution in [0.3, 0.4) is 0 Å². The molecule has 2 atom stereocenters. The van der Waals surface area contributed by atoms with E-state index in [0.29, 0.717) is 12.6 Å². The topological polar surface area (TPSA) is 30.5 Å². The zero-order valence-electron chi connectivity index (χ0n) is 11.9. The van der Waals surface area contributed by atoms with Gasteiger partial charge in [-0.3, -0.25) is 0 Å². The Morgan fingerprint density at radius 2 is 2.16 bits per heavy atom. The third kappa shape index (κ3) is 4.28. The summed E-state index contributed by atoms with van der Waals surface area (Å²) in [5.41, 5.74) is 0. The lowest BCUT2D eigenvalue weighted by atomic mass is 9.96. The monoisotopic (exact) mass is 283 g/mol. The highest BCUT2D eigenvalue weighted by atomic mass is 32.1. The van der Waals surface area contributed by atoms with Crippen LogP contribution in [-0.2, 0) is 9.47 Å². The van der Waals surface area contributed by atoms with Crippen molar-refractivity contribution in [2.75, 3.05) is 27.4 Å². The first-order valence-corrected chi connectivity index (χ1v) is 8.01. The minimum atomic E-state index is 0.133. The first-order valence-electron chi connectivity index (χ1n) is 7.13. The molecule has 1 fully saturated rings. The molecule has 2 unspecified atom stereocenters. The predicted octanol–water partition coefficient (Wildman–Crippen LogP) is 3.23. The number of nitrogens with one attached hydrogen (secondary N) is 1. The van der Waals surface area contributed by atoms with E-state index in [4.69, 9.17) is 9.47 Å². The Morgan fingerprint density at radius 3 is 2.74 bits per heavy atom. The van der Waals surface area contributed by atoms with Crippen molar-refractivity contribution in [1.29, 1.82) is 0 Å². The molecule has 0 aliphatic heterocycles. The van der Waals surface area contributed by atoms with Crippen LogP contribution in [0.5, 0.6) is 0 Å². The minimum absolute atomic E-state index is 0.133. The van der Waals surface area contributed by atoms with E-state index in [0.717, 1.165) is 12.5 Å². The van der Waals surface area contributed by atoms with Crippen LogP contribution in [-0.4, -0.2) is 33.5 Å². The SMILES string of the molecule is COCC(CNC(c1cccs1)C1CCCC1)OC. The van der Waals surface area contributed by atoms with Crippen LogP contribution >= 0.6 is 11.3 Å². The molecule has 0 bridgehead atoms. The van der Waals surface area contributed by atoms with Gasteiger partial charge < -0.3 is 14.8 Å². The molecule has 1 heterocycles. The maximum atomic E-state index is 5.44. The van der Waals surface area contributed by atoms with Gasteiger partial charge in [0.2, 0.25) is 0 Å². The van der Waals surface area contributed by atoms with Gasteiger partial charge in [-0.15, -0.1) is 11.3 Å². The molecule has 0 radical (unpaired) electrons. The van der Waals surface area contributed by atoms with Gasteiger partial charge in [-0.2, -0.15) is 0 Å². The highest BCUT2D eigenvalue weighted by molar-refractivity contribution is 7.10. The van der Waals surface area contributed by atoms with E-state index in [1.165, 1.54) is 30.6 Å². The van der Waals surface area contributed by atoms with Gasteiger partial charge in [0.05, 0.1) is 12.7 Å². The fraction of sp³-hybridized carbons (Fsp3) is 0.733. The summed E-state index contributed by atoms with van der Waals surface area (Å²) in [4.78, 5) is 1.46. The Bertz CT molecular complexity index is 336. The van der Waals surface area contributed by atoms with Crippen molar-refractivity contribution in [2.24, 2.45) is 5.92 Å². The van der Waals surface area contributed by atoms with Gasteiger partial charge in [0.15, 0.2) is 0 Å². The molecule has 19 heavy (non-hydrogen) atoms. The lowest BCUT2D eigenvalue weighted by Crippen LogP contribution is -2.36.